The van der Waals surface area contributed by atoms with Crippen molar-refractivity contribution in [3.8, 4) is 0 Å². The second kappa shape index (κ2) is 6.67. The van der Waals surface area contributed by atoms with E-state index < -0.39 is 9.90 Å². The van der Waals surface area contributed by atoms with Gasteiger partial charge in [0, 0.05) is 0 Å². The lowest BCUT2D eigenvalue weighted by Crippen LogP contribution is -2.15. The number of aliphatic hydroxyl groups excluding tert-OH is 1. The molecule has 3 rings (SSSR count). The fraction of sp³-hybridized carbons (Fsp3) is 0.143. The van der Waals surface area contributed by atoms with Crippen molar-refractivity contribution in [3.05, 3.63) is 47.9 Å². The molecular formula is C14H10Cl3N3O2S. The zero-order valence-corrected chi connectivity index (χ0v) is 14.5. The molecule has 1 aromatic carbocycles. The van der Waals surface area contributed by atoms with Gasteiger partial charge in [-0.2, -0.15) is 5.10 Å². The summed E-state index contributed by atoms with van der Waals surface area (Å²) >= 11 is 18.3. The van der Waals surface area contributed by atoms with Gasteiger partial charge in [0.25, 0.3) is 0 Å². The number of fused-ring (bicyclic) bond motifs is 1. The van der Waals surface area contributed by atoms with Crippen LogP contribution in [0.15, 0.2) is 45.9 Å². The molecule has 1 atom stereocenters. The van der Waals surface area contributed by atoms with Crippen LogP contribution >= 0.6 is 46.1 Å². The molecule has 2 aromatic heterocycles. The molecule has 0 fully saturated rings. The lowest BCUT2D eigenvalue weighted by Gasteiger charge is -2.15. The molecule has 0 aliphatic heterocycles. The highest BCUT2D eigenvalue weighted by Gasteiger charge is 2.34. The molecule has 120 valence electrons. The van der Waals surface area contributed by atoms with Crippen molar-refractivity contribution >= 4 is 67.7 Å². The fourth-order valence-corrected chi connectivity index (χ4v) is 2.96. The van der Waals surface area contributed by atoms with Crippen molar-refractivity contribution in [2.45, 2.75) is 9.90 Å². The minimum Gasteiger partial charge on any atom is -0.457 e. The Morgan fingerprint density at radius 3 is 2.78 bits per heavy atom. The molecule has 3 aromatic rings. The maximum atomic E-state index is 9.80. The highest BCUT2D eigenvalue weighted by atomic mass is 35.6. The summed E-state index contributed by atoms with van der Waals surface area (Å²) < 4.78 is 4.57. The predicted octanol–water partition coefficient (Wildman–Crippen LogP) is 4.74. The number of rotatable bonds is 4. The first kappa shape index (κ1) is 16.5. The first-order chi connectivity index (χ1) is 10.9. The normalized spacial score (nSPS) is 13.7. The van der Waals surface area contributed by atoms with Gasteiger partial charge in [0.05, 0.1) is 16.4 Å². The number of alkyl halides is 3. The molecular weight excluding hydrogens is 381 g/mol. The van der Waals surface area contributed by atoms with Crippen LogP contribution < -0.4 is 5.43 Å². The second-order valence-corrected chi connectivity index (χ2v) is 7.94. The van der Waals surface area contributed by atoms with Gasteiger partial charge in [0.1, 0.15) is 11.5 Å². The van der Waals surface area contributed by atoms with E-state index in [1.807, 2.05) is 24.3 Å². The molecule has 0 bridgehead atoms. The van der Waals surface area contributed by atoms with Crippen LogP contribution in [0.25, 0.3) is 10.2 Å². The van der Waals surface area contributed by atoms with Gasteiger partial charge in [-0.3, -0.25) is 5.43 Å². The van der Waals surface area contributed by atoms with E-state index in [1.165, 1.54) is 23.6 Å². The number of hydrazone groups is 1. The SMILES string of the molecule is OC(c1ccc(C=NNc2nc3ccccc3s2)o1)C(Cl)(Cl)Cl. The number of nitrogens with zero attached hydrogens (tertiary/aromatic N) is 2. The van der Waals surface area contributed by atoms with Crippen molar-refractivity contribution in [1.29, 1.82) is 0 Å². The van der Waals surface area contributed by atoms with Gasteiger partial charge in [-0.05, 0) is 24.3 Å². The van der Waals surface area contributed by atoms with Gasteiger partial charge >= 0.3 is 0 Å². The van der Waals surface area contributed by atoms with Gasteiger partial charge in [-0.25, -0.2) is 4.98 Å². The first-order valence-corrected chi connectivity index (χ1v) is 8.38. The van der Waals surface area contributed by atoms with Crippen molar-refractivity contribution in [2.24, 2.45) is 5.10 Å². The van der Waals surface area contributed by atoms with Crippen molar-refractivity contribution in [1.82, 2.24) is 4.98 Å². The monoisotopic (exact) mass is 389 g/mol. The number of anilines is 1. The van der Waals surface area contributed by atoms with E-state index in [0.29, 0.717) is 10.9 Å². The number of para-hydroxylation sites is 1. The summed E-state index contributed by atoms with van der Waals surface area (Å²) in [6.07, 6.45) is 0.0904. The Hall–Kier alpha value is -1.31. The van der Waals surface area contributed by atoms with Gasteiger partial charge in [0.15, 0.2) is 6.10 Å². The Morgan fingerprint density at radius 1 is 1.26 bits per heavy atom. The molecule has 2 N–H and O–H groups in total. The zero-order chi connectivity index (χ0) is 16.4. The minimum absolute atomic E-state index is 0.145. The molecule has 0 saturated carbocycles. The van der Waals surface area contributed by atoms with E-state index in [2.05, 4.69) is 15.5 Å². The number of furan rings is 1. The number of benzene rings is 1. The zero-order valence-electron chi connectivity index (χ0n) is 11.4. The van der Waals surface area contributed by atoms with Crippen molar-refractivity contribution < 1.29 is 9.52 Å². The molecule has 0 aliphatic rings. The Bertz CT molecular complexity index is 808. The number of aromatic nitrogens is 1. The molecule has 2 heterocycles. The summed E-state index contributed by atoms with van der Waals surface area (Å²) in [5, 5.41) is 14.5. The van der Waals surface area contributed by atoms with Crippen LogP contribution in [-0.4, -0.2) is 20.1 Å². The number of thiazole rings is 1. The average Bonchev–Trinajstić information content (AvgIpc) is 3.11. The van der Waals surface area contributed by atoms with E-state index in [4.69, 9.17) is 39.2 Å². The Morgan fingerprint density at radius 2 is 2.04 bits per heavy atom. The predicted molar refractivity (Wildman–Crippen MR) is 94.8 cm³/mol. The van der Waals surface area contributed by atoms with E-state index in [9.17, 15) is 5.11 Å². The highest BCUT2D eigenvalue weighted by molar-refractivity contribution is 7.22. The molecule has 0 amide bonds. The molecule has 9 heteroatoms. The topological polar surface area (TPSA) is 70.7 Å². The van der Waals surface area contributed by atoms with Gasteiger partial charge in [0.2, 0.25) is 8.92 Å². The third-order valence-corrected chi connectivity index (χ3v) is 4.43. The third kappa shape index (κ3) is 3.97. The van der Waals surface area contributed by atoms with Crippen molar-refractivity contribution in [3.63, 3.8) is 0 Å². The summed E-state index contributed by atoms with van der Waals surface area (Å²) in [5.41, 5.74) is 3.73. The average molecular weight is 391 g/mol. The van der Waals surface area contributed by atoms with E-state index in [0.717, 1.165) is 10.2 Å². The Balaban J connectivity index is 1.67. The van der Waals surface area contributed by atoms with Crippen LogP contribution in [-0.2, 0) is 0 Å². The Kier molecular flexibility index (Phi) is 4.79. The van der Waals surface area contributed by atoms with Crippen LogP contribution in [0.2, 0.25) is 0 Å². The molecule has 0 radical (unpaired) electrons. The van der Waals surface area contributed by atoms with E-state index >= 15 is 0 Å². The van der Waals surface area contributed by atoms with E-state index in [-0.39, 0.29) is 5.76 Å². The molecule has 0 saturated heterocycles. The van der Waals surface area contributed by atoms with Crippen LogP contribution in [0.1, 0.15) is 17.6 Å². The lowest BCUT2D eigenvalue weighted by atomic mass is 10.3. The summed E-state index contributed by atoms with van der Waals surface area (Å²) in [6, 6.07) is 10.9. The first-order valence-electron chi connectivity index (χ1n) is 6.42. The Labute approximate surface area is 150 Å². The van der Waals surface area contributed by atoms with Crippen LogP contribution in [0, 0.1) is 0 Å². The second-order valence-electron chi connectivity index (χ2n) is 4.54. The summed E-state index contributed by atoms with van der Waals surface area (Å²) in [5.74, 6) is 0.549. The summed E-state index contributed by atoms with van der Waals surface area (Å²) in [7, 11) is 0. The molecule has 23 heavy (non-hydrogen) atoms. The molecule has 5 nitrogen and oxygen atoms in total. The number of nitrogens with one attached hydrogen (secondary N) is 1. The van der Waals surface area contributed by atoms with Crippen LogP contribution in [0.4, 0.5) is 5.13 Å². The number of halogens is 3. The largest absolute Gasteiger partial charge is 0.457 e. The number of hydrogen-bond acceptors (Lipinski definition) is 6. The molecule has 1 unspecified atom stereocenters. The van der Waals surface area contributed by atoms with Gasteiger partial charge in [-0.15, -0.1) is 0 Å². The lowest BCUT2D eigenvalue weighted by molar-refractivity contribution is 0.153. The fourth-order valence-electron chi connectivity index (χ4n) is 1.82. The van der Waals surface area contributed by atoms with Crippen molar-refractivity contribution in [2.75, 3.05) is 5.43 Å². The quantitative estimate of drug-likeness (QED) is 0.383. The van der Waals surface area contributed by atoms with Crippen LogP contribution in [0.3, 0.4) is 0 Å². The maximum absolute atomic E-state index is 9.80. The molecule has 0 spiro atoms. The van der Waals surface area contributed by atoms with Gasteiger partial charge in [-0.1, -0.05) is 58.3 Å². The summed E-state index contributed by atoms with van der Waals surface area (Å²) in [6.45, 7) is 0. The summed E-state index contributed by atoms with van der Waals surface area (Å²) in [4.78, 5) is 4.38. The van der Waals surface area contributed by atoms with Gasteiger partial charge < -0.3 is 9.52 Å². The minimum atomic E-state index is -1.86. The number of hydrogen-bond donors (Lipinski definition) is 2. The molecule has 0 aliphatic carbocycles. The number of aliphatic hydroxyl groups is 1. The standard InChI is InChI=1S/C14H10Cl3N3O2S/c15-14(16,17)12(21)10-6-5-8(22-10)7-18-20-13-19-9-3-1-2-4-11(9)23-13/h1-7,12,21H,(H,19,20). The van der Waals surface area contributed by atoms with E-state index in [1.54, 1.807) is 6.07 Å². The third-order valence-electron chi connectivity index (χ3n) is 2.87. The van der Waals surface area contributed by atoms with Crippen LogP contribution in [0.5, 0.6) is 0 Å². The smallest absolute Gasteiger partial charge is 0.223 e. The highest BCUT2D eigenvalue weighted by Crippen LogP contribution is 2.39. The maximum Gasteiger partial charge on any atom is 0.223 e.